The molecule has 1 aliphatic rings. The zero-order chi connectivity index (χ0) is 22.1. The normalized spacial score (nSPS) is 19.0. The van der Waals surface area contributed by atoms with Crippen molar-refractivity contribution >= 4 is 0 Å². The second-order valence-electron chi connectivity index (χ2n) is 7.56. The molecule has 0 saturated heterocycles. The van der Waals surface area contributed by atoms with E-state index < -0.39 is 17.7 Å². The van der Waals surface area contributed by atoms with Gasteiger partial charge in [0.05, 0.1) is 7.11 Å². The molecule has 162 valence electrons. The van der Waals surface area contributed by atoms with Gasteiger partial charge in [0.2, 0.25) is 0 Å². The number of β-amino-alcohol motifs (C(OH)–C–C–N with tert-alkyl or cyclic N) is 1. The van der Waals surface area contributed by atoms with E-state index in [-0.39, 0.29) is 17.9 Å². The van der Waals surface area contributed by atoms with Gasteiger partial charge in [-0.1, -0.05) is 54.6 Å². The van der Waals surface area contributed by atoms with Crippen LogP contribution in [-0.2, 0) is 18.7 Å². The maximum absolute atomic E-state index is 12.8. The first kappa shape index (κ1) is 21.2. The molecule has 1 aliphatic heterocycles. The number of benzene rings is 3. The molecule has 1 heterocycles. The Morgan fingerprint density at radius 2 is 1.68 bits per heavy atom. The van der Waals surface area contributed by atoms with Crippen LogP contribution in [0.25, 0.3) is 0 Å². The molecule has 0 amide bonds. The van der Waals surface area contributed by atoms with E-state index >= 15 is 0 Å². The van der Waals surface area contributed by atoms with Crippen LogP contribution in [-0.4, -0.2) is 30.0 Å². The average molecular weight is 429 g/mol. The highest BCUT2D eigenvalue weighted by molar-refractivity contribution is 5.51. The molecule has 1 unspecified atom stereocenters. The Balaban J connectivity index is 1.78. The third-order valence-corrected chi connectivity index (χ3v) is 5.41. The summed E-state index contributed by atoms with van der Waals surface area (Å²) in [7, 11) is 1.42. The molecule has 7 heteroatoms. The number of alkyl halides is 3. The maximum atomic E-state index is 12.8. The highest BCUT2D eigenvalue weighted by atomic mass is 19.4. The van der Waals surface area contributed by atoms with Crippen LogP contribution in [0.5, 0.6) is 11.5 Å². The van der Waals surface area contributed by atoms with Crippen LogP contribution in [0.1, 0.15) is 22.3 Å². The number of rotatable bonds is 5. The van der Waals surface area contributed by atoms with E-state index in [1.807, 2.05) is 42.5 Å². The van der Waals surface area contributed by atoms with Gasteiger partial charge in [-0.15, -0.1) is 13.2 Å². The van der Waals surface area contributed by atoms with Gasteiger partial charge in [-0.05, 0) is 34.9 Å². The molecule has 4 rings (SSSR count). The summed E-state index contributed by atoms with van der Waals surface area (Å²) in [4.78, 5) is 2.06. The van der Waals surface area contributed by atoms with Gasteiger partial charge in [0.15, 0.2) is 0 Å². The minimum atomic E-state index is -4.84. The summed E-state index contributed by atoms with van der Waals surface area (Å²) in [6.45, 7) is 1.37. The van der Waals surface area contributed by atoms with Crippen LogP contribution >= 0.6 is 0 Å². The Hall–Kier alpha value is -3.03. The number of hydrogen-bond acceptors (Lipinski definition) is 4. The Morgan fingerprint density at radius 1 is 0.968 bits per heavy atom. The smallest absolute Gasteiger partial charge is 0.496 e. The maximum Gasteiger partial charge on any atom is 0.573 e. The van der Waals surface area contributed by atoms with Crippen molar-refractivity contribution in [1.29, 1.82) is 0 Å². The van der Waals surface area contributed by atoms with Crippen molar-refractivity contribution in [3.63, 3.8) is 0 Å². The van der Waals surface area contributed by atoms with Crippen LogP contribution in [0.4, 0.5) is 13.2 Å². The van der Waals surface area contributed by atoms with Gasteiger partial charge in [-0.2, -0.15) is 0 Å². The second-order valence-corrected chi connectivity index (χ2v) is 7.56. The van der Waals surface area contributed by atoms with Crippen LogP contribution < -0.4 is 9.47 Å². The Kier molecular flexibility index (Phi) is 5.64. The minimum Gasteiger partial charge on any atom is -0.496 e. The quantitative estimate of drug-likeness (QED) is 0.630. The molecule has 0 aliphatic carbocycles. The molecular formula is C24H22F3NO3. The summed E-state index contributed by atoms with van der Waals surface area (Å²) in [5.41, 5.74) is 1.25. The standard InChI is InChI=1S/C24H22F3NO3/c1-30-22-12-11-19(31-24(25,26)27)13-21(22)23(29)16-28(14-17-7-3-2-4-8-17)15-18-9-5-6-10-20(18)23/h2-13,29H,14-16H2,1H3. The lowest BCUT2D eigenvalue weighted by Crippen LogP contribution is -2.46. The number of fused-ring (bicyclic) bond motifs is 1. The largest absolute Gasteiger partial charge is 0.573 e. The van der Waals surface area contributed by atoms with Crippen molar-refractivity contribution in [3.8, 4) is 11.5 Å². The van der Waals surface area contributed by atoms with Crippen LogP contribution in [0.2, 0.25) is 0 Å². The van der Waals surface area contributed by atoms with E-state index in [1.54, 1.807) is 12.1 Å². The lowest BCUT2D eigenvalue weighted by molar-refractivity contribution is -0.274. The van der Waals surface area contributed by atoms with Gasteiger partial charge < -0.3 is 14.6 Å². The zero-order valence-corrected chi connectivity index (χ0v) is 16.9. The molecular weight excluding hydrogens is 407 g/mol. The van der Waals surface area contributed by atoms with Crippen LogP contribution in [0.3, 0.4) is 0 Å². The van der Waals surface area contributed by atoms with Crippen molar-refractivity contribution < 1.29 is 27.8 Å². The number of halogens is 3. The SMILES string of the molecule is COc1ccc(OC(F)(F)F)cc1C1(O)CN(Cc2ccccc2)Cc2ccccc21. The van der Waals surface area contributed by atoms with Crippen LogP contribution in [0.15, 0.2) is 72.8 Å². The van der Waals surface area contributed by atoms with Crippen LogP contribution in [0, 0.1) is 0 Å². The molecule has 0 saturated carbocycles. The second kappa shape index (κ2) is 8.24. The lowest BCUT2D eigenvalue weighted by atomic mass is 9.79. The monoisotopic (exact) mass is 429 g/mol. The molecule has 0 spiro atoms. The van der Waals surface area contributed by atoms with E-state index in [0.29, 0.717) is 18.7 Å². The van der Waals surface area contributed by atoms with Crippen molar-refractivity contribution in [2.45, 2.75) is 25.1 Å². The first-order chi connectivity index (χ1) is 14.8. The fourth-order valence-electron chi connectivity index (χ4n) is 4.16. The van der Waals surface area contributed by atoms with E-state index in [2.05, 4.69) is 9.64 Å². The molecule has 3 aromatic rings. The lowest BCUT2D eigenvalue weighted by Gasteiger charge is -2.41. The fraction of sp³-hybridized carbons (Fsp3) is 0.250. The van der Waals surface area contributed by atoms with Gasteiger partial charge in [0.1, 0.15) is 17.1 Å². The molecule has 0 aromatic heterocycles. The van der Waals surface area contributed by atoms with Crippen molar-refractivity contribution in [3.05, 3.63) is 95.1 Å². The van der Waals surface area contributed by atoms with Gasteiger partial charge in [0.25, 0.3) is 0 Å². The van der Waals surface area contributed by atoms with Gasteiger partial charge in [0, 0.05) is 25.2 Å². The topological polar surface area (TPSA) is 41.9 Å². The fourth-order valence-corrected chi connectivity index (χ4v) is 4.16. The zero-order valence-electron chi connectivity index (χ0n) is 16.9. The summed E-state index contributed by atoms with van der Waals surface area (Å²) in [6.07, 6.45) is -4.84. The number of nitrogens with zero attached hydrogens (tertiary/aromatic N) is 1. The van der Waals surface area contributed by atoms with Crippen molar-refractivity contribution in [2.75, 3.05) is 13.7 Å². The highest BCUT2D eigenvalue weighted by Gasteiger charge is 2.42. The van der Waals surface area contributed by atoms with Crippen molar-refractivity contribution in [2.24, 2.45) is 0 Å². The molecule has 4 nitrogen and oxygen atoms in total. The third kappa shape index (κ3) is 4.52. The van der Waals surface area contributed by atoms with Gasteiger partial charge in [-0.25, -0.2) is 0 Å². The molecule has 31 heavy (non-hydrogen) atoms. The first-order valence-electron chi connectivity index (χ1n) is 9.80. The number of methoxy groups -OCH3 is 1. The minimum absolute atomic E-state index is 0.185. The molecule has 1 N–H and O–H groups in total. The highest BCUT2D eigenvalue weighted by Crippen LogP contribution is 2.43. The molecule has 0 bridgehead atoms. The average Bonchev–Trinajstić information content (AvgIpc) is 2.73. The molecule has 0 radical (unpaired) electrons. The molecule has 1 atom stereocenters. The van der Waals surface area contributed by atoms with E-state index in [4.69, 9.17) is 4.74 Å². The Morgan fingerprint density at radius 3 is 2.39 bits per heavy atom. The number of aliphatic hydroxyl groups is 1. The summed E-state index contributed by atoms with van der Waals surface area (Å²) in [5, 5.41) is 11.9. The Bertz CT molecular complexity index is 1060. The summed E-state index contributed by atoms with van der Waals surface area (Å²) < 4.78 is 47.9. The third-order valence-electron chi connectivity index (χ3n) is 5.41. The molecule has 0 fully saturated rings. The Labute approximate surface area is 178 Å². The predicted molar refractivity (Wildman–Crippen MR) is 110 cm³/mol. The summed E-state index contributed by atoms with van der Waals surface area (Å²) in [5.74, 6) is -0.122. The van der Waals surface area contributed by atoms with E-state index in [1.165, 1.54) is 25.3 Å². The first-order valence-corrected chi connectivity index (χ1v) is 9.80. The van der Waals surface area contributed by atoms with E-state index in [9.17, 15) is 18.3 Å². The summed E-state index contributed by atoms with van der Waals surface area (Å²) in [6, 6.07) is 21.0. The van der Waals surface area contributed by atoms with Crippen molar-refractivity contribution in [1.82, 2.24) is 4.90 Å². The number of hydrogen-bond donors (Lipinski definition) is 1. The van der Waals surface area contributed by atoms with E-state index in [0.717, 1.165) is 11.1 Å². The predicted octanol–water partition coefficient (Wildman–Crippen LogP) is 4.85. The number of ether oxygens (including phenoxy) is 2. The summed E-state index contributed by atoms with van der Waals surface area (Å²) >= 11 is 0. The van der Waals surface area contributed by atoms with Gasteiger partial charge >= 0.3 is 6.36 Å². The van der Waals surface area contributed by atoms with Gasteiger partial charge in [-0.3, -0.25) is 4.90 Å². The molecule has 3 aromatic carbocycles.